The first-order valence-corrected chi connectivity index (χ1v) is 7.98. The van der Waals surface area contributed by atoms with Gasteiger partial charge in [0.25, 0.3) is 0 Å². The van der Waals surface area contributed by atoms with E-state index in [1.165, 1.54) is 0 Å². The fourth-order valence-corrected chi connectivity index (χ4v) is 3.01. The molecule has 2 N–H and O–H groups in total. The summed E-state index contributed by atoms with van der Waals surface area (Å²) >= 11 is 0. The zero-order chi connectivity index (χ0) is 13.9. The van der Waals surface area contributed by atoms with Gasteiger partial charge in [-0.05, 0) is 17.5 Å². The molecule has 0 saturated carbocycles. The van der Waals surface area contributed by atoms with Gasteiger partial charge in [-0.2, -0.15) is 0 Å². The van der Waals surface area contributed by atoms with Crippen LogP contribution in [-0.2, 0) is 27.0 Å². The van der Waals surface area contributed by atoms with Crippen molar-refractivity contribution in [1.29, 1.82) is 0 Å². The fraction of sp³-hybridized carbons (Fsp3) is 0.462. The number of hydrogen-bond donors (Lipinski definition) is 2. The average molecular weight is 282 g/mol. The molecule has 1 heterocycles. The third-order valence-electron chi connectivity index (χ3n) is 3.20. The number of carbonyl (C=O) groups is 1. The van der Waals surface area contributed by atoms with E-state index >= 15 is 0 Å². The first-order valence-electron chi connectivity index (χ1n) is 6.33. The van der Waals surface area contributed by atoms with E-state index in [0.717, 1.165) is 12.0 Å². The van der Waals surface area contributed by atoms with Gasteiger partial charge in [-0.3, -0.25) is 9.52 Å². The standard InChI is InChI=1S/C13H18N2O3S/c1-2-10-3-5-11(6-4-10)9-19(17,18)15-13(16)12-7-14-8-12/h3-6,12,14H,2,7-9H2,1H3,(H,15,16). The highest BCUT2D eigenvalue weighted by atomic mass is 32.2. The number of benzene rings is 1. The summed E-state index contributed by atoms with van der Waals surface area (Å²) in [5, 5.41) is 2.93. The number of amides is 1. The minimum absolute atomic E-state index is 0.164. The van der Waals surface area contributed by atoms with E-state index in [2.05, 4.69) is 10.0 Å². The zero-order valence-corrected chi connectivity index (χ0v) is 11.7. The normalized spacial score (nSPS) is 15.8. The molecule has 1 saturated heterocycles. The number of sulfonamides is 1. The van der Waals surface area contributed by atoms with Crippen LogP contribution in [0.2, 0.25) is 0 Å². The minimum atomic E-state index is -3.60. The molecular formula is C13H18N2O3S. The Morgan fingerprint density at radius 3 is 2.32 bits per heavy atom. The van der Waals surface area contributed by atoms with Gasteiger partial charge in [-0.15, -0.1) is 0 Å². The van der Waals surface area contributed by atoms with Crippen molar-refractivity contribution in [1.82, 2.24) is 10.0 Å². The first kappa shape index (κ1) is 14.0. The maximum atomic E-state index is 11.9. The summed E-state index contributed by atoms with van der Waals surface area (Å²) in [5.74, 6) is -0.802. The predicted octanol–water partition coefficient (Wildman–Crippen LogP) is 0.414. The summed E-state index contributed by atoms with van der Waals surface area (Å²) in [5.41, 5.74) is 1.84. The zero-order valence-electron chi connectivity index (χ0n) is 10.8. The molecule has 1 fully saturated rings. The fourth-order valence-electron chi connectivity index (χ4n) is 1.84. The highest BCUT2D eigenvalue weighted by molar-refractivity contribution is 7.89. The Kier molecular flexibility index (Phi) is 4.21. The maximum absolute atomic E-state index is 11.9. The van der Waals surface area contributed by atoms with E-state index in [1.807, 2.05) is 19.1 Å². The lowest BCUT2D eigenvalue weighted by Gasteiger charge is -2.25. The molecule has 6 heteroatoms. The van der Waals surface area contributed by atoms with E-state index in [9.17, 15) is 13.2 Å². The van der Waals surface area contributed by atoms with Crippen LogP contribution < -0.4 is 10.0 Å². The van der Waals surface area contributed by atoms with Crippen molar-refractivity contribution in [2.24, 2.45) is 5.92 Å². The Morgan fingerprint density at radius 2 is 1.84 bits per heavy atom. The molecule has 19 heavy (non-hydrogen) atoms. The predicted molar refractivity (Wildman–Crippen MR) is 72.9 cm³/mol. The smallest absolute Gasteiger partial charge is 0.239 e. The van der Waals surface area contributed by atoms with Crippen LogP contribution in [0.1, 0.15) is 18.1 Å². The lowest BCUT2D eigenvalue weighted by molar-refractivity contribution is -0.124. The van der Waals surface area contributed by atoms with Crippen LogP contribution >= 0.6 is 0 Å². The molecule has 2 rings (SSSR count). The van der Waals surface area contributed by atoms with Gasteiger partial charge in [0, 0.05) is 13.1 Å². The summed E-state index contributed by atoms with van der Waals surface area (Å²) in [6.07, 6.45) is 0.915. The summed E-state index contributed by atoms with van der Waals surface area (Å²) < 4.78 is 25.8. The molecule has 0 spiro atoms. The van der Waals surface area contributed by atoms with E-state index in [1.54, 1.807) is 12.1 Å². The van der Waals surface area contributed by atoms with E-state index in [0.29, 0.717) is 18.7 Å². The highest BCUT2D eigenvalue weighted by Crippen LogP contribution is 2.09. The second-order valence-electron chi connectivity index (χ2n) is 4.75. The van der Waals surface area contributed by atoms with Crippen LogP contribution in [0, 0.1) is 5.92 Å². The van der Waals surface area contributed by atoms with Gasteiger partial charge in [0.05, 0.1) is 11.7 Å². The van der Waals surface area contributed by atoms with Gasteiger partial charge in [0.15, 0.2) is 0 Å². The van der Waals surface area contributed by atoms with E-state index < -0.39 is 15.9 Å². The Hall–Kier alpha value is -1.40. The molecule has 1 aliphatic rings. The molecule has 0 bridgehead atoms. The monoisotopic (exact) mass is 282 g/mol. The molecule has 5 nitrogen and oxygen atoms in total. The largest absolute Gasteiger partial charge is 0.315 e. The van der Waals surface area contributed by atoms with Crippen LogP contribution in [0.3, 0.4) is 0 Å². The van der Waals surface area contributed by atoms with Gasteiger partial charge in [-0.25, -0.2) is 8.42 Å². The molecule has 1 amide bonds. The molecule has 0 radical (unpaired) electrons. The van der Waals surface area contributed by atoms with Crippen molar-refractivity contribution < 1.29 is 13.2 Å². The molecule has 0 aliphatic carbocycles. The molecule has 0 aromatic heterocycles. The molecule has 0 atom stereocenters. The van der Waals surface area contributed by atoms with Crippen molar-refractivity contribution >= 4 is 15.9 Å². The van der Waals surface area contributed by atoms with Crippen molar-refractivity contribution in [3.8, 4) is 0 Å². The Bertz CT molecular complexity index is 548. The SMILES string of the molecule is CCc1ccc(CS(=O)(=O)NC(=O)C2CNC2)cc1. The molecule has 1 aromatic carbocycles. The van der Waals surface area contributed by atoms with Crippen LogP contribution in [0.15, 0.2) is 24.3 Å². The topological polar surface area (TPSA) is 75.3 Å². The first-order chi connectivity index (χ1) is 9.00. The molecular weight excluding hydrogens is 264 g/mol. The van der Waals surface area contributed by atoms with Crippen LogP contribution in [0.4, 0.5) is 0 Å². The van der Waals surface area contributed by atoms with E-state index in [4.69, 9.17) is 0 Å². The number of nitrogens with one attached hydrogen (secondary N) is 2. The summed E-state index contributed by atoms with van der Waals surface area (Å²) in [6.45, 7) is 3.14. The van der Waals surface area contributed by atoms with Crippen molar-refractivity contribution in [3.05, 3.63) is 35.4 Å². The van der Waals surface area contributed by atoms with Gasteiger partial charge in [0.2, 0.25) is 15.9 Å². The van der Waals surface area contributed by atoms with Gasteiger partial charge in [0.1, 0.15) is 0 Å². The number of carbonyl (C=O) groups excluding carboxylic acids is 1. The Morgan fingerprint density at radius 1 is 1.26 bits per heavy atom. The summed E-state index contributed by atoms with van der Waals surface area (Å²) in [6, 6.07) is 7.38. The van der Waals surface area contributed by atoms with Gasteiger partial charge >= 0.3 is 0 Å². The molecule has 1 aromatic rings. The van der Waals surface area contributed by atoms with Crippen molar-refractivity contribution in [3.63, 3.8) is 0 Å². The average Bonchev–Trinajstić information content (AvgIpc) is 2.26. The number of hydrogen-bond acceptors (Lipinski definition) is 4. The van der Waals surface area contributed by atoms with Crippen molar-refractivity contribution in [2.45, 2.75) is 19.1 Å². The lowest BCUT2D eigenvalue weighted by Crippen LogP contribution is -2.51. The van der Waals surface area contributed by atoms with Crippen LogP contribution in [0.25, 0.3) is 0 Å². The lowest BCUT2D eigenvalue weighted by atomic mass is 10.0. The second-order valence-corrected chi connectivity index (χ2v) is 6.47. The third kappa shape index (κ3) is 3.78. The quantitative estimate of drug-likeness (QED) is 0.820. The van der Waals surface area contributed by atoms with Crippen molar-refractivity contribution in [2.75, 3.05) is 13.1 Å². The highest BCUT2D eigenvalue weighted by Gasteiger charge is 2.28. The van der Waals surface area contributed by atoms with Gasteiger partial charge < -0.3 is 5.32 Å². The molecule has 0 unspecified atom stereocenters. The maximum Gasteiger partial charge on any atom is 0.239 e. The summed E-state index contributed by atoms with van der Waals surface area (Å²) in [7, 11) is -3.60. The van der Waals surface area contributed by atoms with Crippen LogP contribution in [0.5, 0.6) is 0 Å². The molecule has 1 aliphatic heterocycles. The number of aryl methyl sites for hydroxylation is 1. The second kappa shape index (κ2) is 5.71. The Balaban J connectivity index is 1.97. The van der Waals surface area contributed by atoms with E-state index in [-0.39, 0.29) is 11.7 Å². The van der Waals surface area contributed by atoms with Gasteiger partial charge in [-0.1, -0.05) is 31.2 Å². The summed E-state index contributed by atoms with van der Waals surface area (Å²) in [4.78, 5) is 11.6. The third-order valence-corrected chi connectivity index (χ3v) is 4.42. The Labute approximate surface area is 113 Å². The minimum Gasteiger partial charge on any atom is -0.315 e. The molecule has 104 valence electrons. The van der Waals surface area contributed by atoms with Crippen LogP contribution in [-0.4, -0.2) is 27.4 Å². The number of rotatable bonds is 5.